The summed E-state index contributed by atoms with van der Waals surface area (Å²) in [5, 5.41) is 6.69. The van der Waals surface area contributed by atoms with Gasteiger partial charge < -0.3 is 9.84 Å². The van der Waals surface area contributed by atoms with E-state index < -0.39 is 9.84 Å². The number of hydrogen-bond donors (Lipinski definition) is 1. The Morgan fingerprint density at radius 2 is 2.50 bits per heavy atom. The lowest BCUT2D eigenvalue weighted by atomic mass is 10.2. The second kappa shape index (κ2) is 3.66. The van der Waals surface area contributed by atoms with Gasteiger partial charge in [-0.3, -0.25) is 0 Å². The van der Waals surface area contributed by atoms with Crippen LogP contribution in [-0.2, 0) is 16.4 Å². The van der Waals surface area contributed by atoms with Gasteiger partial charge in [0.1, 0.15) is 0 Å². The summed E-state index contributed by atoms with van der Waals surface area (Å²) in [5.74, 6) is 1.04. The first-order valence-corrected chi connectivity index (χ1v) is 6.17. The first-order chi connectivity index (χ1) is 6.66. The van der Waals surface area contributed by atoms with Crippen molar-refractivity contribution in [3.63, 3.8) is 0 Å². The fraction of sp³-hybridized carbons (Fsp3) is 0.714. The Balaban J connectivity index is 1.83. The smallest absolute Gasteiger partial charge is 0.213 e. The summed E-state index contributed by atoms with van der Waals surface area (Å²) in [7, 11) is -2.81. The molecule has 6 nitrogen and oxygen atoms in total. The molecule has 0 saturated carbocycles. The molecule has 1 saturated heterocycles. The molecule has 2 heterocycles. The summed E-state index contributed by atoms with van der Waals surface area (Å²) in [6.07, 6.45) is 1.92. The maximum absolute atomic E-state index is 11.1. The number of nitrogens with one attached hydrogen (secondary N) is 1. The molecule has 7 heteroatoms. The standard InChI is InChI=1S/C7H11N3O3S/c11-14(12)2-1-6(4-14)8-3-7-9-5-13-10-7/h5-6,8H,1-4H2. The Labute approximate surface area is 81.6 Å². The van der Waals surface area contributed by atoms with Gasteiger partial charge in [0.2, 0.25) is 6.39 Å². The largest absolute Gasteiger partial charge is 0.343 e. The van der Waals surface area contributed by atoms with E-state index in [1.807, 2.05) is 0 Å². The molecule has 0 bridgehead atoms. The van der Waals surface area contributed by atoms with E-state index in [-0.39, 0.29) is 17.5 Å². The van der Waals surface area contributed by atoms with Crippen molar-refractivity contribution in [3.8, 4) is 0 Å². The fourth-order valence-corrected chi connectivity index (χ4v) is 3.17. The summed E-state index contributed by atoms with van der Waals surface area (Å²) < 4.78 is 26.8. The van der Waals surface area contributed by atoms with Crippen molar-refractivity contribution in [2.45, 2.75) is 19.0 Å². The van der Waals surface area contributed by atoms with E-state index in [1.54, 1.807) is 0 Å². The van der Waals surface area contributed by atoms with Crippen LogP contribution >= 0.6 is 0 Å². The Morgan fingerprint density at radius 1 is 1.64 bits per heavy atom. The van der Waals surface area contributed by atoms with Crippen molar-refractivity contribution in [3.05, 3.63) is 12.2 Å². The van der Waals surface area contributed by atoms with Gasteiger partial charge in [-0.05, 0) is 6.42 Å². The topological polar surface area (TPSA) is 85.1 Å². The molecule has 0 spiro atoms. The SMILES string of the molecule is O=S1(=O)CCC(NCc2ncon2)C1. The number of sulfone groups is 1. The van der Waals surface area contributed by atoms with Crippen molar-refractivity contribution in [1.29, 1.82) is 0 Å². The third-order valence-corrected chi connectivity index (χ3v) is 3.96. The number of nitrogens with zero attached hydrogens (tertiary/aromatic N) is 2. The van der Waals surface area contributed by atoms with Gasteiger partial charge in [-0.15, -0.1) is 0 Å². The third kappa shape index (κ3) is 2.30. The summed E-state index contributed by atoms with van der Waals surface area (Å²) in [6, 6.07) is 0.0264. The predicted molar refractivity (Wildman–Crippen MR) is 48.2 cm³/mol. The van der Waals surface area contributed by atoms with Crippen LogP contribution in [0.1, 0.15) is 12.2 Å². The molecule has 2 rings (SSSR count). The van der Waals surface area contributed by atoms with Crippen molar-refractivity contribution in [2.75, 3.05) is 11.5 Å². The molecule has 78 valence electrons. The zero-order chi connectivity index (χ0) is 10.0. The molecule has 1 N–H and O–H groups in total. The van der Waals surface area contributed by atoms with E-state index in [2.05, 4.69) is 20.0 Å². The van der Waals surface area contributed by atoms with Gasteiger partial charge in [0.25, 0.3) is 0 Å². The molecule has 1 fully saturated rings. The summed E-state index contributed by atoms with van der Waals surface area (Å²) in [4.78, 5) is 3.82. The monoisotopic (exact) mass is 217 g/mol. The van der Waals surface area contributed by atoms with Crippen LogP contribution in [0, 0.1) is 0 Å². The normalized spacial score (nSPS) is 25.3. The van der Waals surface area contributed by atoms with Crippen molar-refractivity contribution in [1.82, 2.24) is 15.5 Å². The van der Waals surface area contributed by atoms with Crippen LogP contribution in [0.5, 0.6) is 0 Å². The fourth-order valence-electron chi connectivity index (χ4n) is 1.46. The van der Waals surface area contributed by atoms with Crippen LogP contribution in [0.2, 0.25) is 0 Å². The van der Waals surface area contributed by atoms with Gasteiger partial charge in [0.15, 0.2) is 15.7 Å². The number of aromatic nitrogens is 2. The van der Waals surface area contributed by atoms with Crippen LogP contribution in [-0.4, -0.2) is 36.1 Å². The molecule has 1 aromatic heterocycles. The van der Waals surface area contributed by atoms with Crippen molar-refractivity contribution in [2.24, 2.45) is 0 Å². The van der Waals surface area contributed by atoms with E-state index in [9.17, 15) is 8.42 Å². The molecule has 0 aliphatic carbocycles. The molecule has 1 aromatic rings. The van der Waals surface area contributed by atoms with E-state index in [1.165, 1.54) is 6.39 Å². The lowest BCUT2D eigenvalue weighted by Crippen LogP contribution is -2.29. The first-order valence-electron chi connectivity index (χ1n) is 4.35. The Kier molecular flexibility index (Phi) is 2.51. The van der Waals surface area contributed by atoms with Crippen LogP contribution in [0.3, 0.4) is 0 Å². The van der Waals surface area contributed by atoms with Gasteiger partial charge in [-0.1, -0.05) is 5.16 Å². The van der Waals surface area contributed by atoms with E-state index in [4.69, 9.17) is 0 Å². The van der Waals surface area contributed by atoms with Crippen LogP contribution in [0.25, 0.3) is 0 Å². The highest BCUT2D eigenvalue weighted by Gasteiger charge is 2.27. The summed E-state index contributed by atoms with van der Waals surface area (Å²) >= 11 is 0. The van der Waals surface area contributed by atoms with Crippen LogP contribution < -0.4 is 5.32 Å². The molecule has 0 aromatic carbocycles. The Hall–Kier alpha value is -0.950. The van der Waals surface area contributed by atoms with Crippen LogP contribution in [0.4, 0.5) is 0 Å². The lowest BCUT2D eigenvalue weighted by molar-refractivity contribution is 0.405. The summed E-state index contributed by atoms with van der Waals surface area (Å²) in [5.41, 5.74) is 0. The molecular weight excluding hydrogens is 206 g/mol. The van der Waals surface area contributed by atoms with Crippen molar-refractivity contribution < 1.29 is 12.9 Å². The Bertz CT molecular complexity index is 386. The third-order valence-electron chi connectivity index (χ3n) is 2.19. The highest BCUT2D eigenvalue weighted by atomic mass is 32.2. The second-order valence-electron chi connectivity index (χ2n) is 3.33. The van der Waals surface area contributed by atoms with Crippen molar-refractivity contribution >= 4 is 9.84 Å². The van der Waals surface area contributed by atoms with Gasteiger partial charge in [-0.25, -0.2) is 8.42 Å². The highest BCUT2D eigenvalue weighted by molar-refractivity contribution is 7.91. The maximum atomic E-state index is 11.1. The lowest BCUT2D eigenvalue weighted by Gasteiger charge is -2.07. The van der Waals surface area contributed by atoms with Gasteiger partial charge >= 0.3 is 0 Å². The predicted octanol–water partition coefficient (Wildman–Crippen LogP) is -0.654. The average Bonchev–Trinajstić information content (AvgIpc) is 2.70. The molecule has 1 aliphatic heterocycles. The minimum absolute atomic E-state index is 0.0264. The molecule has 0 radical (unpaired) electrons. The maximum Gasteiger partial charge on any atom is 0.213 e. The van der Waals surface area contributed by atoms with E-state index in [0.29, 0.717) is 18.8 Å². The molecular formula is C7H11N3O3S. The van der Waals surface area contributed by atoms with Gasteiger partial charge in [-0.2, -0.15) is 4.98 Å². The molecule has 0 amide bonds. The number of rotatable bonds is 3. The molecule has 14 heavy (non-hydrogen) atoms. The quantitative estimate of drug-likeness (QED) is 0.724. The Morgan fingerprint density at radius 3 is 3.07 bits per heavy atom. The van der Waals surface area contributed by atoms with E-state index in [0.717, 1.165) is 0 Å². The minimum atomic E-state index is -2.81. The zero-order valence-electron chi connectivity index (χ0n) is 7.51. The average molecular weight is 217 g/mol. The second-order valence-corrected chi connectivity index (χ2v) is 5.56. The molecule has 1 unspecified atom stereocenters. The summed E-state index contributed by atoms with van der Waals surface area (Å²) in [6.45, 7) is 0.455. The van der Waals surface area contributed by atoms with E-state index >= 15 is 0 Å². The minimum Gasteiger partial charge on any atom is -0.343 e. The molecule has 1 aliphatic rings. The van der Waals surface area contributed by atoms with Crippen LogP contribution in [0.15, 0.2) is 10.9 Å². The number of hydrogen-bond acceptors (Lipinski definition) is 6. The highest BCUT2D eigenvalue weighted by Crippen LogP contribution is 2.11. The first kappa shape index (κ1) is 9.60. The van der Waals surface area contributed by atoms with Gasteiger partial charge in [0, 0.05) is 6.04 Å². The zero-order valence-corrected chi connectivity index (χ0v) is 8.33. The van der Waals surface area contributed by atoms with Gasteiger partial charge in [0.05, 0.1) is 18.1 Å². The molecule has 1 atom stereocenters.